The Bertz CT molecular complexity index is 4330. The highest BCUT2D eigenvalue weighted by atomic mass is 16.3. The predicted molar refractivity (Wildman–Crippen MR) is 200 cm³/mol. The molecule has 0 N–H and O–H groups in total. The van der Waals surface area contributed by atoms with Crippen LogP contribution in [-0.4, -0.2) is 0 Å². The van der Waals surface area contributed by atoms with Gasteiger partial charge in [0.05, 0.1) is 38.4 Å². The average Bonchev–Trinajstić information content (AvgIpc) is 3.79. The summed E-state index contributed by atoms with van der Waals surface area (Å²) in [5.74, 6) is 0. The molecule has 0 unspecified atom stereocenters. The van der Waals surface area contributed by atoms with E-state index in [-0.39, 0.29) is 0 Å². The van der Waals surface area contributed by atoms with Gasteiger partial charge in [-0.1, -0.05) is 151 Å². The first-order valence-corrected chi connectivity index (χ1v) is 13.9. The maximum atomic E-state index is 9.77. The van der Waals surface area contributed by atoms with Crippen molar-refractivity contribution in [3.8, 4) is 33.4 Å². The van der Waals surface area contributed by atoms with Crippen molar-refractivity contribution in [3.05, 3.63) is 169 Å². The van der Waals surface area contributed by atoms with Crippen molar-refractivity contribution in [1.82, 2.24) is 0 Å². The summed E-state index contributed by atoms with van der Waals surface area (Å²) >= 11 is 0. The van der Waals surface area contributed by atoms with Crippen molar-refractivity contribution in [2.45, 2.75) is 0 Å². The second kappa shape index (κ2) is 10.2. The fraction of sp³-hybridized carbons (Fsp3) is 0. The van der Waals surface area contributed by atoms with Crippen molar-refractivity contribution in [2.75, 3.05) is 0 Å². The smallest absolute Gasteiger partial charge is 0.136 e. The molecule has 0 bridgehead atoms. The van der Waals surface area contributed by atoms with Crippen molar-refractivity contribution in [3.63, 3.8) is 0 Å². The molecule has 0 aliphatic heterocycles. The molecule has 1 heteroatoms. The molecule has 10 aromatic rings. The first-order valence-electron chi connectivity index (χ1n) is 27.9. The summed E-state index contributed by atoms with van der Waals surface area (Å²) in [6, 6.07) is -26.4. The van der Waals surface area contributed by atoms with Crippen molar-refractivity contribution >= 4 is 65.0 Å². The van der Waals surface area contributed by atoms with Gasteiger partial charge in [0.2, 0.25) is 0 Å². The van der Waals surface area contributed by atoms with Gasteiger partial charge in [-0.15, -0.1) is 0 Å². The van der Waals surface area contributed by atoms with Crippen molar-refractivity contribution in [1.29, 1.82) is 0 Å². The van der Waals surface area contributed by atoms with E-state index in [1.807, 2.05) is 0 Å². The van der Waals surface area contributed by atoms with Gasteiger partial charge in [0.1, 0.15) is 11.2 Å². The molecule has 0 fully saturated rings. The Morgan fingerprint density at radius 2 is 0.851 bits per heavy atom. The van der Waals surface area contributed by atoms with Crippen LogP contribution in [0.5, 0.6) is 0 Å². The van der Waals surface area contributed by atoms with Gasteiger partial charge in [-0.05, 0) is 94.6 Å². The molecule has 0 atom stereocenters. The molecule has 47 heavy (non-hydrogen) atoms. The fourth-order valence-electron chi connectivity index (χ4n) is 5.92. The molecular formula is C46H28O. The fourth-order valence-corrected chi connectivity index (χ4v) is 5.92. The Morgan fingerprint density at radius 3 is 1.51 bits per heavy atom. The first-order chi connectivity index (χ1) is 35.0. The van der Waals surface area contributed by atoms with Gasteiger partial charge in [-0.25, -0.2) is 0 Å². The molecular weight excluding hydrogens is 569 g/mol. The predicted octanol–water partition coefficient (Wildman–Crippen LogP) is 13.2. The standard InChI is InChI=1S/C46H28O/c1-2-13-29(14-3-1)32-25-26-39(34-18-7-6-17-33(32)34)44-35-19-8-10-21-37(35)45(38-22-11-9-20-36(38)44)40-23-12-24-42-46(40)41-27-30-15-4-5-16-31(30)28-43(41)47-42/h1-28H/i1D,2D,3D,4D,5D,6D,7D,8D,9D,10D,11D,12D,13D,14D,15D,16D,17D,18D,19D,20D,21D,22D,23D,24D,25D,26D,27D,28D. The molecule has 0 aliphatic rings. The van der Waals surface area contributed by atoms with E-state index < -0.39 is 268 Å². The third kappa shape index (κ3) is 3.90. The molecule has 0 saturated heterocycles. The molecule has 0 spiro atoms. The summed E-state index contributed by atoms with van der Waals surface area (Å²) in [6.45, 7) is 0. The lowest BCUT2D eigenvalue weighted by molar-refractivity contribution is 0.669. The maximum Gasteiger partial charge on any atom is 0.136 e. The minimum atomic E-state index is -1.10. The van der Waals surface area contributed by atoms with Crippen LogP contribution in [0.15, 0.2) is 174 Å². The van der Waals surface area contributed by atoms with Crippen LogP contribution in [-0.2, 0) is 0 Å². The van der Waals surface area contributed by atoms with Crippen LogP contribution in [0.25, 0.3) is 98.4 Å². The van der Waals surface area contributed by atoms with Gasteiger partial charge in [0.15, 0.2) is 0 Å². The Balaban J connectivity index is 1.58. The van der Waals surface area contributed by atoms with Gasteiger partial charge in [0.25, 0.3) is 0 Å². The zero-order valence-electron chi connectivity index (χ0n) is 51.4. The molecule has 0 radical (unpaired) electrons. The lowest BCUT2D eigenvalue weighted by atomic mass is 9.83. The second-order valence-electron chi connectivity index (χ2n) is 10.3. The Labute approximate surface area is 311 Å². The molecule has 0 saturated carbocycles. The van der Waals surface area contributed by atoms with Crippen LogP contribution >= 0.6 is 0 Å². The van der Waals surface area contributed by atoms with E-state index in [1.54, 1.807) is 0 Å². The zero-order chi connectivity index (χ0) is 55.3. The average molecular weight is 625 g/mol. The van der Waals surface area contributed by atoms with E-state index >= 15 is 0 Å². The van der Waals surface area contributed by atoms with Crippen molar-refractivity contribution in [2.24, 2.45) is 0 Å². The van der Waals surface area contributed by atoms with Gasteiger partial charge in [-0.3, -0.25) is 0 Å². The lowest BCUT2D eigenvalue weighted by Gasteiger charge is -2.20. The van der Waals surface area contributed by atoms with Crippen LogP contribution in [0.4, 0.5) is 0 Å². The van der Waals surface area contributed by atoms with Crippen LogP contribution < -0.4 is 0 Å². The van der Waals surface area contributed by atoms with E-state index in [1.165, 1.54) is 0 Å². The minimum absolute atomic E-state index is 0.492. The van der Waals surface area contributed by atoms with Gasteiger partial charge in [0, 0.05) is 10.8 Å². The molecule has 1 nitrogen and oxygen atoms in total. The molecule has 218 valence electrons. The molecule has 0 aliphatic carbocycles. The normalized spacial score (nSPS) is 20.2. The highest BCUT2D eigenvalue weighted by Gasteiger charge is 2.21. The number of furan rings is 1. The molecule has 9 aromatic carbocycles. The largest absolute Gasteiger partial charge is 0.456 e. The SMILES string of the molecule is [2H]c1c([2H])c([2H])c(-c2c([2H])c([2H])c(-c3c4c([2H])c([2H])c([2H])c([2H])c4c(-c4c([2H])c([2H])c([2H])c5oc6c([2H])c7c([2H])c([2H])c([2H])c([2H])c7c([2H])c6c45)c4c([2H])c([2H])c([2H])c([2H])c34)c3c([2H])c([2H])c([2H])c([2H])c23)c([2H])c1[2H]. The summed E-state index contributed by atoms with van der Waals surface area (Å²) in [5, 5.41) is -6.68. The van der Waals surface area contributed by atoms with E-state index in [2.05, 4.69) is 0 Å². The van der Waals surface area contributed by atoms with Gasteiger partial charge in [-0.2, -0.15) is 0 Å². The molecule has 10 rings (SSSR count). The lowest BCUT2D eigenvalue weighted by Crippen LogP contribution is -1.92. The number of benzene rings is 9. The Kier molecular flexibility index (Phi) is 2.31. The highest BCUT2D eigenvalue weighted by molar-refractivity contribution is 6.27. The summed E-state index contributed by atoms with van der Waals surface area (Å²) in [5.41, 5.74) is -5.83. The third-order valence-corrected chi connectivity index (χ3v) is 7.82. The molecule has 0 amide bonds. The van der Waals surface area contributed by atoms with E-state index in [0.29, 0.717) is 0 Å². The first kappa shape index (κ1) is 10.7. The molecule has 1 aromatic heterocycles. The Morgan fingerprint density at radius 1 is 0.340 bits per heavy atom. The number of hydrogen-bond acceptors (Lipinski definition) is 1. The van der Waals surface area contributed by atoms with E-state index in [0.717, 1.165) is 0 Å². The van der Waals surface area contributed by atoms with Crippen LogP contribution in [0.2, 0.25) is 0 Å². The quantitative estimate of drug-likeness (QED) is 0.178. The summed E-state index contributed by atoms with van der Waals surface area (Å²) in [4.78, 5) is 0. The Hall–Kier alpha value is -6.18. The van der Waals surface area contributed by atoms with Crippen LogP contribution in [0, 0.1) is 0 Å². The van der Waals surface area contributed by atoms with Crippen LogP contribution in [0.1, 0.15) is 38.4 Å². The summed E-state index contributed by atoms with van der Waals surface area (Å²) in [7, 11) is 0. The number of fused-ring (bicyclic) bond motifs is 7. The summed E-state index contributed by atoms with van der Waals surface area (Å²) < 4.78 is 259. The minimum Gasteiger partial charge on any atom is -0.456 e. The third-order valence-electron chi connectivity index (χ3n) is 7.82. The number of rotatable bonds is 3. The van der Waals surface area contributed by atoms with E-state index in [4.69, 9.17) is 27.7 Å². The second-order valence-corrected chi connectivity index (χ2v) is 10.3. The maximum absolute atomic E-state index is 9.77. The van der Waals surface area contributed by atoms with Crippen molar-refractivity contribution < 1.29 is 42.8 Å². The summed E-state index contributed by atoms with van der Waals surface area (Å²) in [6.07, 6.45) is 0. The van der Waals surface area contributed by atoms with Gasteiger partial charge < -0.3 is 4.42 Å². The molecule has 1 heterocycles. The zero-order valence-corrected chi connectivity index (χ0v) is 23.4. The topological polar surface area (TPSA) is 13.1 Å². The van der Waals surface area contributed by atoms with Crippen LogP contribution in [0.3, 0.4) is 0 Å². The monoisotopic (exact) mass is 624 g/mol. The number of hydrogen-bond donors (Lipinski definition) is 0. The van der Waals surface area contributed by atoms with E-state index in [9.17, 15) is 15.1 Å². The highest BCUT2D eigenvalue weighted by Crippen LogP contribution is 2.48. The van der Waals surface area contributed by atoms with Gasteiger partial charge >= 0.3 is 0 Å².